The van der Waals surface area contributed by atoms with Crippen molar-refractivity contribution in [3.63, 3.8) is 0 Å². The number of benzene rings is 2. The molecule has 1 aromatic heterocycles. The summed E-state index contributed by atoms with van der Waals surface area (Å²) >= 11 is 12.2. The lowest BCUT2D eigenvalue weighted by Gasteiger charge is -2.21. The first-order valence-corrected chi connectivity index (χ1v) is 8.82. The lowest BCUT2D eigenvalue weighted by atomic mass is 10.0. The minimum Gasteiger partial charge on any atom is -0.348 e. The topological polar surface area (TPSA) is 72.7 Å². The molecule has 1 amide bonds. The van der Waals surface area contributed by atoms with Crippen molar-refractivity contribution in [1.82, 2.24) is 25.5 Å². The number of rotatable bonds is 6. The van der Waals surface area contributed by atoms with Gasteiger partial charge >= 0.3 is 0 Å². The third-order valence-electron chi connectivity index (χ3n) is 4.05. The fourth-order valence-electron chi connectivity index (χ4n) is 2.69. The van der Waals surface area contributed by atoms with Crippen molar-refractivity contribution >= 4 is 29.1 Å². The summed E-state index contributed by atoms with van der Waals surface area (Å²) in [6.07, 6.45) is 1.91. The number of aromatic nitrogens is 4. The summed E-state index contributed by atoms with van der Waals surface area (Å²) in [6, 6.07) is 14.1. The molecule has 0 aliphatic rings. The van der Waals surface area contributed by atoms with Crippen molar-refractivity contribution in [2.45, 2.75) is 25.4 Å². The molecule has 3 aromatic rings. The molecule has 8 heteroatoms. The van der Waals surface area contributed by atoms with Crippen LogP contribution < -0.4 is 5.32 Å². The highest BCUT2D eigenvalue weighted by Crippen LogP contribution is 2.26. The van der Waals surface area contributed by atoms with Gasteiger partial charge in [-0.3, -0.25) is 4.79 Å². The molecule has 6 nitrogen and oxygen atoms in total. The molecule has 0 spiro atoms. The predicted molar refractivity (Wildman–Crippen MR) is 100 cm³/mol. The second-order valence-electron chi connectivity index (χ2n) is 5.89. The van der Waals surface area contributed by atoms with E-state index in [1.807, 2.05) is 37.3 Å². The predicted octanol–water partition coefficient (Wildman–Crippen LogP) is 3.64. The maximum Gasteiger partial charge on any atom is 0.245 e. The Bertz CT molecular complexity index is 871. The first-order valence-electron chi connectivity index (χ1n) is 8.06. The van der Waals surface area contributed by atoms with Crippen molar-refractivity contribution < 1.29 is 4.79 Å². The highest BCUT2D eigenvalue weighted by atomic mass is 35.5. The van der Waals surface area contributed by atoms with E-state index in [0.717, 1.165) is 11.1 Å². The highest BCUT2D eigenvalue weighted by Gasteiger charge is 2.24. The van der Waals surface area contributed by atoms with Crippen LogP contribution in [0, 0.1) is 0 Å². The van der Waals surface area contributed by atoms with Gasteiger partial charge in [0.05, 0.1) is 6.04 Å². The third-order valence-corrected chi connectivity index (χ3v) is 4.61. The zero-order chi connectivity index (χ0) is 18.5. The molecule has 0 aliphatic carbocycles. The second kappa shape index (κ2) is 8.29. The number of hydrogen-bond donors (Lipinski definition) is 1. The molecule has 2 unspecified atom stereocenters. The number of halogens is 2. The van der Waals surface area contributed by atoms with Crippen LogP contribution in [0.1, 0.15) is 30.1 Å². The zero-order valence-electron chi connectivity index (χ0n) is 14.0. The van der Waals surface area contributed by atoms with E-state index in [1.165, 1.54) is 11.0 Å². The van der Waals surface area contributed by atoms with Crippen molar-refractivity contribution in [1.29, 1.82) is 0 Å². The minimum atomic E-state index is -0.569. The largest absolute Gasteiger partial charge is 0.348 e. The second-order valence-corrected chi connectivity index (χ2v) is 6.74. The van der Waals surface area contributed by atoms with Gasteiger partial charge in [0, 0.05) is 16.5 Å². The summed E-state index contributed by atoms with van der Waals surface area (Å²) in [4.78, 5) is 12.9. The Morgan fingerprint density at radius 1 is 1.19 bits per heavy atom. The van der Waals surface area contributed by atoms with Crippen LogP contribution in [-0.2, 0) is 11.2 Å². The molecular formula is C18H17Cl2N5O. The van der Waals surface area contributed by atoms with E-state index in [1.54, 1.807) is 18.2 Å². The Hall–Kier alpha value is -2.44. The van der Waals surface area contributed by atoms with Crippen LogP contribution in [0.3, 0.4) is 0 Å². The molecule has 0 aliphatic heterocycles. The summed E-state index contributed by atoms with van der Waals surface area (Å²) in [5.41, 5.74) is 1.81. The molecule has 3 rings (SSSR count). The number of carbonyl (C=O) groups excluding carboxylic acids is 1. The van der Waals surface area contributed by atoms with E-state index < -0.39 is 6.04 Å². The molecule has 1 heterocycles. The van der Waals surface area contributed by atoms with Crippen LogP contribution >= 0.6 is 23.2 Å². The molecule has 2 aromatic carbocycles. The molecule has 1 N–H and O–H groups in total. The molecule has 0 bridgehead atoms. The van der Waals surface area contributed by atoms with Gasteiger partial charge in [0.2, 0.25) is 5.91 Å². The molecule has 0 radical (unpaired) electrons. The highest BCUT2D eigenvalue weighted by molar-refractivity contribution is 6.35. The van der Waals surface area contributed by atoms with Gasteiger partial charge in [-0.2, -0.15) is 0 Å². The van der Waals surface area contributed by atoms with E-state index in [2.05, 4.69) is 20.8 Å². The zero-order valence-corrected chi connectivity index (χ0v) is 15.5. The standard InChI is InChI=1S/C18H17Cl2N5O/c1-12(15-8-7-14(19)10-16(15)20)22-18(26)17(25-11-21-23-24-25)9-13-5-3-2-4-6-13/h2-8,10-12,17H,9H2,1H3,(H,22,26). The minimum absolute atomic E-state index is 0.195. The number of tetrazole rings is 1. The van der Waals surface area contributed by atoms with Gasteiger partial charge in [0.1, 0.15) is 12.4 Å². The number of nitrogens with zero attached hydrogens (tertiary/aromatic N) is 4. The van der Waals surface area contributed by atoms with Crippen molar-refractivity contribution in [3.8, 4) is 0 Å². The monoisotopic (exact) mass is 389 g/mol. The molecular weight excluding hydrogens is 373 g/mol. The van der Waals surface area contributed by atoms with E-state index >= 15 is 0 Å². The first-order chi connectivity index (χ1) is 12.5. The van der Waals surface area contributed by atoms with Gasteiger partial charge in [-0.1, -0.05) is 59.6 Å². The maximum absolute atomic E-state index is 12.9. The van der Waals surface area contributed by atoms with Crippen LogP contribution in [-0.4, -0.2) is 26.1 Å². The molecule has 2 atom stereocenters. The number of nitrogens with one attached hydrogen (secondary N) is 1. The lowest BCUT2D eigenvalue weighted by molar-refractivity contribution is -0.125. The summed E-state index contributed by atoms with van der Waals surface area (Å²) in [6.45, 7) is 1.87. The summed E-state index contributed by atoms with van der Waals surface area (Å²) in [5, 5.41) is 15.2. The van der Waals surface area contributed by atoms with E-state index in [-0.39, 0.29) is 11.9 Å². The lowest BCUT2D eigenvalue weighted by Crippen LogP contribution is -2.36. The third kappa shape index (κ3) is 4.39. The smallest absolute Gasteiger partial charge is 0.245 e. The van der Waals surface area contributed by atoms with Crippen LogP contribution in [0.4, 0.5) is 0 Å². The number of carbonyl (C=O) groups is 1. The molecule has 0 saturated carbocycles. The number of hydrogen-bond acceptors (Lipinski definition) is 4. The van der Waals surface area contributed by atoms with Gasteiger partial charge in [0.15, 0.2) is 0 Å². The SMILES string of the molecule is CC(NC(=O)C(Cc1ccccc1)n1cnnn1)c1ccc(Cl)cc1Cl. The number of amides is 1. The summed E-state index contributed by atoms with van der Waals surface area (Å²) in [7, 11) is 0. The van der Waals surface area contributed by atoms with E-state index in [4.69, 9.17) is 23.2 Å². The van der Waals surface area contributed by atoms with Gasteiger partial charge in [-0.05, 0) is 40.6 Å². The van der Waals surface area contributed by atoms with Crippen molar-refractivity contribution in [2.75, 3.05) is 0 Å². The van der Waals surface area contributed by atoms with Gasteiger partial charge in [0.25, 0.3) is 0 Å². The fourth-order valence-corrected chi connectivity index (χ4v) is 3.27. The Morgan fingerprint density at radius 3 is 2.62 bits per heavy atom. The fraction of sp³-hybridized carbons (Fsp3) is 0.222. The Kier molecular flexibility index (Phi) is 5.85. The maximum atomic E-state index is 12.9. The first kappa shape index (κ1) is 18.4. The average molecular weight is 390 g/mol. The average Bonchev–Trinajstić information content (AvgIpc) is 3.14. The van der Waals surface area contributed by atoms with E-state index in [0.29, 0.717) is 16.5 Å². The van der Waals surface area contributed by atoms with Crippen LogP contribution in [0.5, 0.6) is 0 Å². The molecule has 0 fully saturated rings. The molecule has 134 valence electrons. The van der Waals surface area contributed by atoms with Crippen LogP contribution in [0.2, 0.25) is 10.0 Å². The molecule has 26 heavy (non-hydrogen) atoms. The van der Waals surface area contributed by atoms with Crippen molar-refractivity contribution in [3.05, 3.63) is 76.0 Å². The van der Waals surface area contributed by atoms with Crippen molar-refractivity contribution in [2.24, 2.45) is 0 Å². The Labute approximate surface area is 161 Å². The van der Waals surface area contributed by atoms with Gasteiger partial charge in [-0.25, -0.2) is 4.68 Å². The van der Waals surface area contributed by atoms with E-state index in [9.17, 15) is 4.79 Å². The van der Waals surface area contributed by atoms with Crippen LogP contribution in [0.15, 0.2) is 54.9 Å². The van der Waals surface area contributed by atoms with Gasteiger partial charge < -0.3 is 5.32 Å². The Morgan fingerprint density at radius 2 is 1.96 bits per heavy atom. The normalized spacial score (nSPS) is 13.2. The Balaban J connectivity index is 1.79. The van der Waals surface area contributed by atoms with Crippen LogP contribution in [0.25, 0.3) is 0 Å². The summed E-state index contributed by atoms with van der Waals surface area (Å²) < 4.78 is 1.46. The van der Waals surface area contributed by atoms with Gasteiger partial charge in [-0.15, -0.1) is 5.10 Å². The summed E-state index contributed by atoms with van der Waals surface area (Å²) in [5.74, 6) is -0.195. The molecule has 0 saturated heterocycles. The quantitative estimate of drug-likeness (QED) is 0.698.